The van der Waals surface area contributed by atoms with Crippen LogP contribution >= 0.6 is 11.6 Å². The summed E-state index contributed by atoms with van der Waals surface area (Å²) in [4.78, 5) is 0. The number of aliphatic hydroxyl groups excluding tert-OH is 1. The van der Waals surface area contributed by atoms with Gasteiger partial charge in [-0.05, 0) is 42.5 Å². The Bertz CT molecular complexity index is 522. The third-order valence-electron chi connectivity index (χ3n) is 3.21. The number of benzene rings is 2. The summed E-state index contributed by atoms with van der Waals surface area (Å²) in [6.45, 7) is 2.09. The van der Waals surface area contributed by atoms with E-state index in [1.165, 1.54) is 11.1 Å². The van der Waals surface area contributed by atoms with E-state index in [1.807, 2.05) is 36.4 Å². The van der Waals surface area contributed by atoms with Crippen molar-refractivity contribution in [2.24, 2.45) is 0 Å². The van der Waals surface area contributed by atoms with Crippen molar-refractivity contribution in [3.8, 4) is 0 Å². The van der Waals surface area contributed by atoms with Crippen LogP contribution in [0.15, 0.2) is 48.5 Å². The number of hydrogen-bond acceptors (Lipinski definition) is 1. The minimum atomic E-state index is -0.502. The molecule has 1 nitrogen and oxygen atoms in total. The second kappa shape index (κ2) is 6.03. The van der Waals surface area contributed by atoms with Crippen molar-refractivity contribution >= 4 is 11.6 Å². The zero-order chi connectivity index (χ0) is 13.0. The summed E-state index contributed by atoms with van der Waals surface area (Å²) in [6.07, 6.45) is 1.05. The molecule has 0 saturated carbocycles. The summed E-state index contributed by atoms with van der Waals surface area (Å²) in [7, 11) is 0. The van der Waals surface area contributed by atoms with E-state index in [-0.39, 0.29) is 0 Å². The van der Waals surface area contributed by atoms with Crippen molar-refractivity contribution < 1.29 is 5.11 Å². The third-order valence-corrected chi connectivity index (χ3v) is 3.56. The van der Waals surface area contributed by atoms with Crippen LogP contribution in [0.1, 0.15) is 29.2 Å². The molecule has 0 aliphatic heterocycles. The number of aryl methyl sites for hydroxylation is 2. The predicted molar refractivity (Wildman–Crippen MR) is 75.9 cm³/mol. The zero-order valence-corrected chi connectivity index (χ0v) is 11.2. The van der Waals surface area contributed by atoms with Crippen LogP contribution in [-0.2, 0) is 6.42 Å². The van der Waals surface area contributed by atoms with Crippen molar-refractivity contribution in [1.82, 2.24) is 0 Å². The van der Waals surface area contributed by atoms with Gasteiger partial charge in [0.25, 0.3) is 0 Å². The lowest BCUT2D eigenvalue weighted by atomic mass is 9.99. The fourth-order valence-corrected chi connectivity index (χ4v) is 2.35. The van der Waals surface area contributed by atoms with Gasteiger partial charge in [0.2, 0.25) is 0 Å². The summed E-state index contributed by atoms with van der Waals surface area (Å²) in [6, 6.07) is 15.7. The van der Waals surface area contributed by atoms with Gasteiger partial charge in [0, 0.05) is 5.02 Å². The third kappa shape index (κ3) is 3.12. The minimum absolute atomic E-state index is 0.502. The van der Waals surface area contributed by atoms with E-state index in [4.69, 9.17) is 11.6 Å². The molecule has 2 aromatic rings. The van der Waals surface area contributed by atoms with Crippen LogP contribution in [-0.4, -0.2) is 5.11 Å². The van der Waals surface area contributed by atoms with Crippen molar-refractivity contribution in [1.29, 1.82) is 0 Å². The Kier molecular flexibility index (Phi) is 4.40. The van der Waals surface area contributed by atoms with Gasteiger partial charge in [0.05, 0.1) is 6.10 Å². The highest BCUT2D eigenvalue weighted by Crippen LogP contribution is 2.26. The monoisotopic (exact) mass is 260 g/mol. The van der Waals surface area contributed by atoms with E-state index < -0.39 is 6.10 Å². The van der Waals surface area contributed by atoms with E-state index >= 15 is 0 Å². The van der Waals surface area contributed by atoms with Gasteiger partial charge in [0.15, 0.2) is 0 Å². The maximum absolute atomic E-state index is 10.2. The SMILES string of the molecule is Cc1ccccc1CCC(O)c1ccccc1Cl. The summed E-state index contributed by atoms with van der Waals surface area (Å²) >= 11 is 6.07. The van der Waals surface area contributed by atoms with Gasteiger partial charge in [-0.15, -0.1) is 0 Å². The molecule has 94 valence electrons. The molecule has 2 heteroatoms. The van der Waals surface area contributed by atoms with Crippen LogP contribution in [0.5, 0.6) is 0 Å². The molecule has 0 aliphatic rings. The van der Waals surface area contributed by atoms with Crippen LogP contribution in [0, 0.1) is 6.92 Å². The molecule has 0 radical (unpaired) electrons. The standard InChI is InChI=1S/C16H17ClO/c1-12-6-2-3-7-13(12)10-11-16(18)14-8-4-5-9-15(14)17/h2-9,16,18H,10-11H2,1H3. The average Bonchev–Trinajstić information content (AvgIpc) is 2.38. The molecule has 0 amide bonds. The first kappa shape index (κ1) is 13.1. The second-order valence-corrected chi connectivity index (χ2v) is 4.91. The van der Waals surface area contributed by atoms with E-state index in [1.54, 1.807) is 0 Å². The van der Waals surface area contributed by atoms with Gasteiger partial charge in [-0.2, -0.15) is 0 Å². The Morgan fingerprint density at radius 3 is 2.44 bits per heavy atom. The molecule has 18 heavy (non-hydrogen) atoms. The molecule has 0 spiro atoms. The molecule has 2 rings (SSSR count). The Morgan fingerprint density at radius 2 is 1.72 bits per heavy atom. The molecule has 0 aliphatic carbocycles. The lowest BCUT2D eigenvalue weighted by Crippen LogP contribution is -2.01. The van der Waals surface area contributed by atoms with Crippen molar-refractivity contribution in [2.45, 2.75) is 25.9 Å². The molecule has 1 unspecified atom stereocenters. The first-order chi connectivity index (χ1) is 8.68. The molecule has 0 aromatic heterocycles. The largest absolute Gasteiger partial charge is 0.388 e. The fraction of sp³-hybridized carbons (Fsp3) is 0.250. The van der Waals surface area contributed by atoms with Gasteiger partial charge < -0.3 is 5.11 Å². The van der Waals surface area contributed by atoms with Crippen LogP contribution in [0.4, 0.5) is 0 Å². The second-order valence-electron chi connectivity index (χ2n) is 4.50. The maximum atomic E-state index is 10.2. The fourth-order valence-electron chi connectivity index (χ4n) is 2.08. The first-order valence-corrected chi connectivity index (χ1v) is 6.53. The van der Waals surface area contributed by atoms with E-state index in [0.29, 0.717) is 11.4 Å². The summed E-state index contributed by atoms with van der Waals surface area (Å²) in [5.41, 5.74) is 3.36. The molecule has 0 saturated heterocycles. The number of rotatable bonds is 4. The number of halogens is 1. The minimum Gasteiger partial charge on any atom is -0.388 e. The highest BCUT2D eigenvalue weighted by atomic mass is 35.5. The smallest absolute Gasteiger partial charge is 0.0807 e. The van der Waals surface area contributed by atoms with Crippen LogP contribution in [0.3, 0.4) is 0 Å². The van der Waals surface area contributed by atoms with Gasteiger partial charge in [-0.3, -0.25) is 0 Å². The number of hydrogen-bond donors (Lipinski definition) is 1. The molecular weight excluding hydrogens is 244 g/mol. The van der Waals surface area contributed by atoms with Crippen molar-refractivity contribution in [2.75, 3.05) is 0 Å². The lowest BCUT2D eigenvalue weighted by Gasteiger charge is -2.13. The Morgan fingerprint density at radius 1 is 1.06 bits per heavy atom. The molecule has 1 N–H and O–H groups in total. The zero-order valence-electron chi connectivity index (χ0n) is 10.4. The number of aliphatic hydroxyl groups is 1. The summed E-state index contributed by atoms with van der Waals surface area (Å²) in [5.74, 6) is 0. The highest BCUT2D eigenvalue weighted by molar-refractivity contribution is 6.31. The van der Waals surface area contributed by atoms with Crippen LogP contribution in [0.25, 0.3) is 0 Å². The Balaban J connectivity index is 2.03. The molecule has 1 atom stereocenters. The van der Waals surface area contributed by atoms with Crippen molar-refractivity contribution in [3.05, 3.63) is 70.2 Å². The first-order valence-electron chi connectivity index (χ1n) is 6.15. The maximum Gasteiger partial charge on any atom is 0.0807 e. The van der Waals surface area contributed by atoms with Crippen LogP contribution in [0.2, 0.25) is 5.02 Å². The van der Waals surface area contributed by atoms with Gasteiger partial charge in [0.1, 0.15) is 0 Å². The quantitative estimate of drug-likeness (QED) is 0.868. The molecule has 0 heterocycles. The summed E-state index contributed by atoms with van der Waals surface area (Å²) < 4.78 is 0. The lowest BCUT2D eigenvalue weighted by molar-refractivity contribution is 0.168. The topological polar surface area (TPSA) is 20.2 Å². The molecule has 0 bridgehead atoms. The highest BCUT2D eigenvalue weighted by Gasteiger charge is 2.11. The summed E-state index contributed by atoms with van der Waals surface area (Å²) in [5, 5.41) is 10.8. The molecule has 0 fully saturated rings. The molecular formula is C16H17ClO. The Hall–Kier alpha value is -1.31. The Labute approximate surface area is 113 Å². The van der Waals surface area contributed by atoms with Crippen LogP contribution < -0.4 is 0 Å². The predicted octanol–water partition coefficient (Wildman–Crippen LogP) is 4.31. The van der Waals surface area contributed by atoms with Gasteiger partial charge in [-0.25, -0.2) is 0 Å². The van der Waals surface area contributed by atoms with Gasteiger partial charge >= 0.3 is 0 Å². The molecule has 2 aromatic carbocycles. The van der Waals surface area contributed by atoms with E-state index in [0.717, 1.165) is 12.0 Å². The average molecular weight is 261 g/mol. The normalized spacial score (nSPS) is 12.4. The van der Waals surface area contributed by atoms with E-state index in [2.05, 4.69) is 19.1 Å². The van der Waals surface area contributed by atoms with E-state index in [9.17, 15) is 5.11 Å². The van der Waals surface area contributed by atoms with Crippen molar-refractivity contribution in [3.63, 3.8) is 0 Å². The van der Waals surface area contributed by atoms with Gasteiger partial charge in [-0.1, -0.05) is 54.1 Å².